The Balaban J connectivity index is 0.00000442. The summed E-state index contributed by atoms with van der Waals surface area (Å²) in [4.78, 5) is 33.2. The minimum Gasteiger partial charge on any atom is -0.370 e. The molecule has 4 aromatic carbocycles. The second-order valence-electron chi connectivity index (χ2n) is 11.1. The van der Waals surface area contributed by atoms with Crippen LogP contribution < -0.4 is 22.1 Å². The summed E-state index contributed by atoms with van der Waals surface area (Å²) >= 11 is 0. The Morgan fingerprint density at radius 1 is 0.909 bits per heavy atom. The number of hydrogen-bond acceptors (Lipinski definition) is 4. The second-order valence-corrected chi connectivity index (χ2v) is 11.1. The monoisotopic (exact) mass is 592 g/mol. The van der Waals surface area contributed by atoms with Gasteiger partial charge in [0, 0.05) is 43.7 Å². The van der Waals surface area contributed by atoms with E-state index in [9.17, 15) is 9.59 Å². The van der Waals surface area contributed by atoms with Gasteiger partial charge < -0.3 is 27.0 Å². The molecule has 0 aromatic heterocycles. The van der Waals surface area contributed by atoms with Crippen molar-refractivity contribution in [3.63, 3.8) is 0 Å². The highest BCUT2D eigenvalue weighted by Crippen LogP contribution is 2.27. The number of aliphatic imine (C=N–C) groups is 1. The van der Waals surface area contributed by atoms with Crippen LogP contribution in [0.1, 0.15) is 54.1 Å². The van der Waals surface area contributed by atoms with Crippen molar-refractivity contribution in [3.05, 3.63) is 120 Å². The zero-order valence-electron chi connectivity index (χ0n) is 24.4. The highest BCUT2D eigenvalue weighted by Gasteiger charge is 2.32. The van der Waals surface area contributed by atoms with Crippen molar-refractivity contribution in [2.45, 2.75) is 44.7 Å². The van der Waals surface area contributed by atoms with Gasteiger partial charge in [-0.05, 0) is 53.3 Å². The summed E-state index contributed by atoms with van der Waals surface area (Å²) < 4.78 is 0. The summed E-state index contributed by atoms with van der Waals surface area (Å²) in [6.45, 7) is 2.02. The fraction of sp³-hybridized carbons (Fsp3) is 0.306. The molecule has 1 saturated heterocycles. The van der Waals surface area contributed by atoms with Crippen LogP contribution in [0.2, 0.25) is 0 Å². The fourth-order valence-corrected chi connectivity index (χ4v) is 5.78. The number of guanidine groups is 1. The van der Waals surface area contributed by atoms with Crippen LogP contribution in [-0.4, -0.2) is 60.9 Å². The van der Waals surface area contributed by atoms with Crippen molar-refractivity contribution < 1.29 is 9.59 Å². The Labute approximate surface area is 260 Å². The van der Waals surface area contributed by atoms with E-state index < -0.39 is 6.04 Å². The van der Waals surface area contributed by atoms with E-state index in [-0.39, 0.29) is 37.2 Å². The molecule has 8 heteroatoms. The lowest BCUT2D eigenvalue weighted by Gasteiger charge is -2.29. The summed E-state index contributed by atoms with van der Waals surface area (Å²) in [6, 6.07) is 33.9. The molecule has 0 radical (unpaired) electrons. The molecular formula is C36H44N6O2. The number of rotatable bonds is 11. The maximum atomic E-state index is 14.0. The van der Waals surface area contributed by atoms with Crippen molar-refractivity contribution in [2.75, 3.05) is 26.2 Å². The van der Waals surface area contributed by atoms with E-state index in [2.05, 4.69) is 39.9 Å². The molecule has 0 saturated carbocycles. The average molecular weight is 593 g/mol. The number of amides is 2. The molecule has 8 nitrogen and oxygen atoms in total. The standard InChI is InChI=1S/C35H40N6O2.CH4/c36-35(37)38-20-9-16-32-34(43)41(24-31(26-11-3-1-4-12-26)27-13-5-2-6-14-27)21-19-30(40-32)23-39-33(42)29-18-17-25-10-7-8-15-28(25)22-29;/h1-8,10-15,17-18,22,30-32,40H,9,16,19-21,23-24H2,(H,39,42)(H4,36,37,38);1H4/t30-,32-;/m0./s1. The Kier molecular flexibility index (Phi) is 11.5. The molecule has 44 heavy (non-hydrogen) atoms. The first-order valence-electron chi connectivity index (χ1n) is 14.9. The molecule has 4 aromatic rings. The maximum absolute atomic E-state index is 14.0. The van der Waals surface area contributed by atoms with Crippen LogP contribution in [0.25, 0.3) is 10.8 Å². The third kappa shape index (κ3) is 8.45. The Bertz CT molecular complexity index is 1500. The van der Waals surface area contributed by atoms with Gasteiger partial charge in [0.15, 0.2) is 5.96 Å². The van der Waals surface area contributed by atoms with E-state index >= 15 is 0 Å². The second kappa shape index (κ2) is 15.7. The number of nitrogens with two attached hydrogens (primary N) is 2. The number of nitrogens with one attached hydrogen (secondary N) is 2. The number of hydrogen-bond donors (Lipinski definition) is 4. The zero-order valence-corrected chi connectivity index (χ0v) is 24.4. The third-order valence-electron chi connectivity index (χ3n) is 8.07. The van der Waals surface area contributed by atoms with Gasteiger partial charge in [-0.15, -0.1) is 0 Å². The maximum Gasteiger partial charge on any atom is 0.251 e. The third-order valence-corrected chi connectivity index (χ3v) is 8.07. The van der Waals surface area contributed by atoms with E-state index in [0.717, 1.165) is 10.8 Å². The quantitative estimate of drug-likeness (QED) is 0.115. The van der Waals surface area contributed by atoms with E-state index in [1.807, 2.05) is 83.8 Å². The van der Waals surface area contributed by atoms with Crippen molar-refractivity contribution in [1.29, 1.82) is 0 Å². The summed E-state index contributed by atoms with van der Waals surface area (Å²) in [6.07, 6.45) is 1.96. The first kappa shape index (κ1) is 32.2. The SMILES string of the molecule is C.NC(N)=NCCC[C@@H]1N[C@H](CNC(=O)c2ccc3ccccc3c2)CCN(CC(c2ccccc2)c2ccccc2)C1=O. The lowest BCUT2D eigenvalue weighted by Crippen LogP contribution is -2.49. The number of carbonyl (C=O) groups is 2. The van der Waals surface area contributed by atoms with Gasteiger partial charge >= 0.3 is 0 Å². The Morgan fingerprint density at radius 2 is 1.55 bits per heavy atom. The zero-order chi connectivity index (χ0) is 30.0. The van der Waals surface area contributed by atoms with Crippen LogP contribution in [-0.2, 0) is 4.79 Å². The molecule has 0 bridgehead atoms. The average Bonchev–Trinajstić information content (AvgIpc) is 3.19. The first-order valence-corrected chi connectivity index (χ1v) is 14.9. The van der Waals surface area contributed by atoms with Gasteiger partial charge in [-0.1, -0.05) is 98.4 Å². The van der Waals surface area contributed by atoms with Crippen LogP contribution in [0.5, 0.6) is 0 Å². The van der Waals surface area contributed by atoms with E-state index in [1.54, 1.807) is 0 Å². The lowest BCUT2D eigenvalue weighted by molar-refractivity contribution is -0.133. The molecule has 0 spiro atoms. The van der Waals surface area contributed by atoms with Crippen molar-refractivity contribution >= 4 is 28.5 Å². The summed E-state index contributed by atoms with van der Waals surface area (Å²) in [5.74, 6) is 0.0184. The molecule has 1 aliphatic heterocycles. The number of carbonyl (C=O) groups excluding carboxylic acids is 2. The van der Waals surface area contributed by atoms with Crippen LogP contribution in [0, 0.1) is 0 Å². The molecular weight excluding hydrogens is 548 g/mol. The van der Waals surface area contributed by atoms with Crippen LogP contribution in [0.4, 0.5) is 0 Å². The van der Waals surface area contributed by atoms with Gasteiger partial charge in [-0.25, -0.2) is 0 Å². The summed E-state index contributed by atoms with van der Waals surface area (Å²) in [5, 5.41) is 8.77. The van der Waals surface area contributed by atoms with Crippen molar-refractivity contribution in [1.82, 2.24) is 15.5 Å². The normalized spacial score (nSPS) is 16.7. The van der Waals surface area contributed by atoms with Crippen LogP contribution in [0.15, 0.2) is 108 Å². The molecule has 1 heterocycles. The Morgan fingerprint density at radius 3 is 2.20 bits per heavy atom. The highest BCUT2D eigenvalue weighted by molar-refractivity contribution is 5.98. The highest BCUT2D eigenvalue weighted by atomic mass is 16.2. The summed E-state index contributed by atoms with van der Waals surface area (Å²) in [5.41, 5.74) is 14.0. The molecule has 1 aliphatic rings. The largest absolute Gasteiger partial charge is 0.370 e. The van der Waals surface area contributed by atoms with Gasteiger partial charge in [-0.2, -0.15) is 0 Å². The molecule has 230 valence electrons. The predicted molar refractivity (Wildman–Crippen MR) is 180 cm³/mol. The molecule has 5 rings (SSSR count). The van der Waals surface area contributed by atoms with E-state index in [1.165, 1.54) is 11.1 Å². The van der Waals surface area contributed by atoms with E-state index in [4.69, 9.17) is 11.5 Å². The molecule has 2 atom stereocenters. The summed E-state index contributed by atoms with van der Waals surface area (Å²) in [7, 11) is 0. The molecule has 0 unspecified atom stereocenters. The first-order chi connectivity index (χ1) is 21.0. The van der Waals surface area contributed by atoms with Gasteiger partial charge in [0.1, 0.15) is 0 Å². The molecule has 2 amide bonds. The number of fused-ring (bicyclic) bond motifs is 1. The van der Waals surface area contributed by atoms with Gasteiger partial charge in [0.25, 0.3) is 5.91 Å². The van der Waals surface area contributed by atoms with Crippen molar-refractivity contribution in [3.8, 4) is 0 Å². The smallest absolute Gasteiger partial charge is 0.251 e. The van der Waals surface area contributed by atoms with E-state index in [0.29, 0.717) is 51.0 Å². The molecule has 1 fully saturated rings. The van der Waals surface area contributed by atoms with Gasteiger partial charge in [-0.3, -0.25) is 14.6 Å². The topological polar surface area (TPSA) is 126 Å². The minimum atomic E-state index is -0.411. The predicted octanol–water partition coefficient (Wildman–Crippen LogP) is 4.65. The molecule has 0 aliphatic carbocycles. The minimum absolute atomic E-state index is 0. The lowest BCUT2D eigenvalue weighted by atomic mass is 9.90. The number of benzene rings is 4. The number of nitrogens with zero attached hydrogens (tertiary/aromatic N) is 2. The van der Waals surface area contributed by atoms with Crippen molar-refractivity contribution in [2.24, 2.45) is 16.5 Å². The van der Waals surface area contributed by atoms with Gasteiger partial charge in [0.2, 0.25) is 5.91 Å². The van der Waals surface area contributed by atoms with Crippen LogP contribution in [0.3, 0.4) is 0 Å². The van der Waals surface area contributed by atoms with Crippen LogP contribution >= 0.6 is 0 Å². The fourth-order valence-electron chi connectivity index (χ4n) is 5.78. The molecule has 6 N–H and O–H groups in total. The Hall–Kier alpha value is -4.69. The van der Waals surface area contributed by atoms with Gasteiger partial charge in [0.05, 0.1) is 6.04 Å².